The molecule has 0 aliphatic heterocycles. The van der Waals surface area contributed by atoms with Crippen molar-refractivity contribution in [3.05, 3.63) is 21.9 Å². The van der Waals surface area contributed by atoms with Gasteiger partial charge in [-0.15, -0.1) is 0 Å². The number of rotatable bonds is 4. The summed E-state index contributed by atoms with van der Waals surface area (Å²) in [6.45, 7) is 3.93. The van der Waals surface area contributed by atoms with Gasteiger partial charge in [-0.25, -0.2) is 4.98 Å². The molecule has 17 heavy (non-hydrogen) atoms. The van der Waals surface area contributed by atoms with E-state index in [1.54, 1.807) is 12.3 Å². The van der Waals surface area contributed by atoms with Gasteiger partial charge in [-0.1, -0.05) is 31.9 Å². The summed E-state index contributed by atoms with van der Waals surface area (Å²) in [5.41, 5.74) is 6.28. The molecule has 4 nitrogen and oxygen atoms in total. The first-order valence-corrected chi connectivity index (χ1v) is 6.50. The highest BCUT2D eigenvalue weighted by Crippen LogP contribution is 2.23. The second kappa shape index (κ2) is 6.33. The number of nitrogens with zero attached hydrogens (tertiary/aromatic N) is 1. The highest BCUT2D eigenvalue weighted by Gasteiger charge is 2.20. The Morgan fingerprint density at radius 3 is 2.94 bits per heavy atom. The molecule has 6 heteroatoms. The third-order valence-electron chi connectivity index (χ3n) is 2.62. The maximum atomic E-state index is 11.8. The predicted molar refractivity (Wildman–Crippen MR) is 73.0 cm³/mol. The molecule has 1 aromatic heterocycles. The topological polar surface area (TPSA) is 68.0 Å². The fraction of sp³-hybridized carbons (Fsp3) is 0.455. The van der Waals surface area contributed by atoms with E-state index in [2.05, 4.69) is 26.2 Å². The van der Waals surface area contributed by atoms with Gasteiger partial charge in [-0.05, 0) is 27.9 Å². The van der Waals surface area contributed by atoms with Gasteiger partial charge in [0.1, 0.15) is 0 Å². The van der Waals surface area contributed by atoms with E-state index < -0.39 is 6.04 Å². The van der Waals surface area contributed by atoms with Crippen LogP contribution in [0.5, 0.6) is 0 Å². The minimum Gasteiger partial charge on any atom is -0.322 e. The molecule has 0 saturated heterocycles. The van der Waals surface area contributed by atoms with Crippen LogP contribution in [0.1, 0.15) is 20.3 Å². The van der Waals surface area contributed by atoms with Crippen LogP contribution in [-0.4, -0.2) is 16.9 Å². The lowest BCUT2D eigenvalue weighted by molar-refractivity contribution is -0.118. The molecule has 1 unspecified atom stereocenters. The maximum absolute atomic E-state index is 11.8. The van der Waals surface area contributed by atoms with Crippen molar-refractivity contribution in [3.63, 3.8) is 0 Å². The van der Waals surface area contributed by atoms with Crippen LogP contribution in [0.25, 0.3) is 0 Å². The Morgan fingerprint density at radius 1 is 1.71 bits per heavy atom. The molecule has 0 fully saturated rings. The van der Waals surface area contributed by atoms with Gasteiger partial charge in [0.2, 0.25) is 5.91 Å². The number of hydrogen-bond acceptors (Lipinski definition) is 3. The van der Waals surface area contributed by atoms with E-state index in [-0.39, 0.29) is 17.0 Å². The summed E-state index contributed by atoms with van der Waals surface area (Å²) in [7, 11) is 0. The highest BCUT2D eigenvalue weighted by molar-refractivity contribution is 9.10. The zero-order valence-corrected chi connectivity index (χ0v) is 12.0. The van der Waals surface area contributed by atoms with E-state index in [1.807, 2.05) is 13.8 Å². The van der Waals surface area contributed by atoms with Gasteiger partial charge in [0, 0.05) is 10.7 Å². The summed E-state index contributed by atoms with van der Waals surface area (Å²) in [5.74, 6) is -0.130. The average Bonchev–Trinajstić information content (AvgIpc) is 2.31. The van der Waals surface area contributed by atoms with Crippen molar-refractivity contribution in [2.24, 2.45) is 11.7 Å². The number of carbonyl (C=O) groups is 1. The van der Waals surface area contributed by atoms with Crippen molar-refractivity contribution >= 4 is 39.1 Å². The van der Waals surface area contributed by atoms with Gasteiger partial charge < -0.3 is 11.1 Å². The summed E-state index contributed by atoms with van der Waals surface area (Å²) in [6, 6.07) is 1.14. The Hall–Kier alpha value is -0.650. The molecule has 0 aliphatic carbocycles. The van der Waals surface area contributed by atoms with Crippen LogP contribution < -0.4 is 11.1 Å². The maximum Gasteiger partial charge on any atom is 0.241 e. The molecule has 0 saturated carbocycles. The minimum atomic E-state index is -0.546. The molecule has 0 aliphatic rings. The standard InChI is InChI=1S/C11H15BrClN3O/c1-3-6(2)9(14)11(17)16-8-4-7(12)5-15-10(8)13/h4-6,9H,3,14H2,1-2H3,(H,16,17)/t6?,9-/m0/s1. The Labute approximate surface area is 114 Å². The monoisotopic (exact) mass is 319 g/mol. The van der Waals surface area contributed by atoms with Crippen LogP contribution >= 0.6 is 27.5 Å². The van der Waals surface area contributed by atoms with Crippen molar-refractivity contribution in [1.82, 2.24) is 4.98 Å². The molecule has 0 spiro atoms. The van der Waals surface area contributed by atoms with Crippen molar-refractivity contribution in [2.45, 2.75) is 26.3 Å². The summed E-state index contributed by atoms with van der Waals surface area (Å²) in [5, 5.41) is 2.93. The van der Waals surface area contributed by atoms with E-state index in [0.29, 0.717) is 5.69 Å². The van der Waals surface area contributed by atoms with Gasteiger partial charge in [-0.3, -0.25) is 4.79 Å². The molecule has 1 rings (SSSR count). The fourth-order valence-electron chi connectivity index (χ4n) is 1.24. The van der Waals surface area contributed by atoms with E-state index in [0.717, 1.165) is 10.9 Å². The number of nitrogens with two attached hydrogens (primary N) is 1. The molecular weight excluding hydrogens is 305 g/mol. The predicted octanol–water partition coefficient (Wildman–Crippen LogP) is 2.81. The molecule has 2 atom stereocenters. The number of pyridine rings is 1. The molecule has 1 amide bonds. The van der Waals surface area contributed by atoms with Crippen LogP contribution in [-0.2, 0) is 4.79 Å². The van der Waals surface area contributed by atoms with Gasteiger partial charge in [-0.2, -0.15) is 0 Å². The van der Waals surface area contributed by atoms with Gasteiger partial charge in [0.25, 0.3) is 0 Å². The Balaban J connectivity index is 2.77. The largest absolute Gasteiger partial charge is 0.322 e. The fourth-order valence-corrected chi connectivity index (χ4v) is 1.72. The first-order chi connectivity index (χ1) is 7.95. The number of aromatic nitrogens is 1. The Morgan fingerprint density at radius 2 is 2.35 bits per heavy atom. The smallest absolute Gasteiger partial charge is 0.241 e. The number of anilines is 1. The minimum absolute atomic E-state index is 0.119. The summed E-state index contributed by atoms with van der Waals surface area (Å²) < 4.78 is 0.745. The van der Waals surface area contributed by atoms with Crippen LogP contribution in [0, 0.1) is 5.92 Å². The number of nitrogens with one attached hydrogen (secondary N) is 1. The molecule has 3 N–H and O–H groups in total. The Kier molecular flexibility index (Phi) is 5.36. The van der Waals surface area contributed by atoms with E-state index in [9.17, 15) is 4.79 Å². The van der Waals surface area contributed by atoms with Gasteiger partial charge in [0.15, 0.2) is 5.15 Å². The van der Waals surface area contributed by atoms with Crippen LogP contribution in [0.15, 0.2) is 16.7 Å². The SMILES string of the molecule is CCC(C)[C@H](N)C(=O)Nc1cc(Br)cnc1Cl. The average molecular weight is 321 g/mol. The zero-order valence-electron chi connectivity index (χ0n) is 9.71. The summed E-state index contributed by atoms with van der Waals surface area (Å²) in [6.07, 6.45) is 2.41. The van der Waals surface area contributed by atoms with Crippen LogP contribution in [0.2, 0.25) is 5.15 Å². The van der Waals surface area contributed by atoms with Crippen molar-refractivity contribution in [2.75, 3.05) is 5.32 Å². The second-order valence-electron chi connectivity index (χ2n) is 3.89. The summed E-state index contributed by atoms with van der Waals surface area (Å²) in [4.78, 5) is 15.8. The van der Waals surface area contributed by atoms with Crippen LogP contribution in [0.3, 0.4) is 0 Å². The number of carbonyl (C=O) groups excluding carboxylic acids is 1. The molecule has 94 valence electrons. The molecule has 0 aromatic carbocycles. The third-order valence-corrected chi connectivity index (χ3v) is 3.36. The third kappa shape index (κ3) is 3.94. The van der Waals surface area contributed by atoms with Gasteiger partial charge in [0.05, 0.1) is 11.7 Å². The first-order valence-electron chi connectivity index (χ1n) is 5.33. The second-order valence-corrected chi connectivity index (χ2v) is 5.17. The van der Waals surface area contributed by atoms with Gasteiger partial charge >= 0.3 is 0 Å². The molecule has 1 heterocycles. The number of halogens is 2. The number of hydrogen-bond donors (Lipinski definition) is 2. The normalized spacial score (nSPS) is 14.2. The lowest BCUT2D eigenvalue weighted by Gasteiger charge is -2.18. The summed E-state index contributed by atoms with van der Waals surface area (Å²) >= 11 is 9.13. The van der Waals surface area contributed by atoms with E-state index in [4.69, 9.17) is 17.3 Å². The number of amides is 1. The lowest BCUT2D eigenvalue weighted by Crippen LogP contribution is -2.40. The molecule has 0 radical (unpaired) electrons. The Bertz CT molecular complexity index is 414. The quantitative estimate of drug-likeness (QED) is 0.838. The van der Waals surface area contributed by atoms with Crippen molar-refractivity contribution in [1.29, 1.82) is 0 Å². The van der Waals surface area contributed by atoms with E-state index >= 15 is 0 Å². The molecule has 1 aromatic rings. The van der Waals surface area contributed by atoms with Crippen LogP contribution in [0.4, 0.5) is 5.69 Å². The molecular formula is C11H15BrClN3O. The highest BCUT2D eigenvalue weighted by atomic mass is 79.9. The van der Waals surface area contributed by atoms with Crippen molar-refractivity contribution in [3.8, 4) is 0 Å². The molecule has 0 bridgehead atoms. The lowest BCUT2D eigenvalue weighted by atomic mass is 9.99. The van der Waals surface area contributed by atoms with E-state index in [1.165, 1.54) is 0 Å². The first kappa shape index (κ1) is 14.4. The van der Waals surface area contributed by atoms with Crippen molar-refractivity contribution < 1.29 is 4.79 Å². The zero-order chi connectivity index (χ0) is 13.0.